The van der Waals surface area contributed by atoms with Gasteiger partial charge in [0.15, 0.2) is 5.13 Å². The van der Waals surface area contributed by atoms with Gasteiger partial charge in [-0.25, -0.2) is 4.98 Å². The Hall–Kier alpha value is -3.48. The molecule has 0 spiro atoms. The van der Waals surface area contributed by atoms with E-state index in [1.54, 1.807) is 13.1 Å². The third-order valence-electron chi connectivity index (χ3n) is 4.96. The molecule has 6 heteroatoms. The van der Waals surface area contributed by atoms with Crippen LogP contribution in [0.4, 0.5) is 5.13 Å². The van der Waals surface area contributed by atoms with Crippen molar-refractivity contribution in [1.29, 1.82) is 0 Å². The third-order valence-corrected chi connectivity index (χ3v) is 5.90. The minimum absolute atomic E-state index is 0.479. The van der Waals surface area contributed by atoms with Gasteiger partial charge in [0, 0.05) is 24.1 Å². The lowest BCUT2D eigenvalue weighted by atomic mass is 10.0. The fourth-order valence-electron chi connectivity index (χ4n) is 3.58. The van der Waals surface area contributed by atoms with Crippen molar-refractivity contribution in [3.05, 3.63) is 90.6 Å². The summed E-state index contributed by atoms with van der Waals surface area (Å²) in [5.74, 6) is 1.49. The predicted octanol–water partition coefficient (Wildman–Crippen LogP) is 6.00. The van der Waals surface area contributed by atoms with Crippen molar-refractivity contribution in [2.75, 3.05) is 5.32 Å². The van der Waals surface area contributed by atoms with E-state index < -0.39 is 5.72 Å². The summed E-state index contributed by atoms with van der Waals surface area (Å²) < 4.78 is 7.14. The molecule has 0 aliphatic rings. The summed E-state index contributed by atoms with van der Waals surface area (Å²) >= 11 is 1.49. The van der Waals surface area contributed by atoms with E-state index in [0.717, 1.165) is 38.2 Å². The molecule has 0 bridgehead atoms. The minimum atomic E-state index is -1.11. The van der Waals surface area contributed by atoms with Gasteiger partial charge in [0.1, 0.15) is 17.2 Å². The molecule has 5 rings (SSSR count). The molecule has 3 aromatic carbocycles. The van der Waals surface area contributed by atoms with Crippen molar-refractivity contribution in [2.24, 2.45) is 0 Å². The van der Waals surface area contributed by atoms with Crippen LogP contribution in [0.1, 0.15) is 12.5 Å². The number of nitrogens with one attached hydrogen (secondary N) is 1. The van der Waals surface area contributed by atoms with E-state index in [0.29, 0.717) is 11.6 Å². The molecule has 154 valence electrons. The van der Waals surface area contributed by atoms with Crippen LogP contribution >= 0.6 is 11.3 Å². The van der Waals surface area contributed by atoms with E-state index in [4.69, 9.17) is 4.74 Å². The van der Waals surface area contributed by atoms with Gasteiger partial charge >= 0.3 is 0 Å². The molecule has 0 aliphatic heterocycles. The van der Waals surface area contributed by atoms with Gasteiger partial charge in [-0.1, -0.05) is 53.8 Å². The van der Waals surface area contributed by atoms with Gasteiger partial charge < -0.3 is 15.2 Å². The average Bonchev–Trinajstić information content (AvgIpc) is 3.15. The van der Waals surface area contributed by atoms with Gasteiger partial charge in [0.25, 0.3) is 0 Å². The summed E-state index contributed by atoms with van der Waals surface area (Å²) in [5.41, 5.74) is 1.70. The Morgan fingerprint density at radius 3 is 2.65 bits per heavy atom. The highest BCUT2D eigenvalue weighted by Gasteiger charge is 2.22. The van der Waals surface area contributed by atoms with Crippen LogP contribution in [0.3, 0.4) is 0 Å². The van der Waals surface area contributed by atoms with Gasteiger partial charge in [-0.2, -0.15) is 0 Å². The molecule has 0 radical (unpaired) electrons. The zero-order chi connectivity index (χ0) is 21.3. The molecule has 0 saturated carbocycles. The van der Waals surface area contributed by atoms with Crippen LogP contribution in [0.15, 0.2) is 85.1 Å². The summed E-state index contributed by atoms with van der Waals surface area (Å²) in [6.07, 6.45) is 2.23. The highest BCUT2D eigenvalue weighted by atomic mass is 32.1. The quantitative estimate of drug-likeness (QED) is 0.325. The minimum Gasteiger partial charge on any atom is -0.457 e. The number of hydrogen-bond donors (Lipinski definition) is 2. The first-order valence-corrected chi connectivity index (χ1v) is 10.8. The van der Waals surface area contributed by atoms with Gasteiger partial charge in [0.05, 0.1) is 15.7 Å². The number of para-hydroxylation sites is 1. The number of pyridine rings is 1. The molecular formula is C25H21N3O2S. The molecular weight excluding hydrogens is 406 g/mol. The number of nitrogens with zero attached hydrogens (tertiary/aromatic N) is 2. The SMILES string of the molecule is C[C@](O)(Cc1ccccc1)Nc1nc2ccc(Oc3ccnc4ccccc34)cc2s1. The monoisotopic (exact) mass is 427 g/mol. The van der Waals surface area contributed by atoms with Gasteiger partial charge in [-0.15, -0.1) is 0 Å². The standard InChI is InChI=1S/C25H21N3O2S/c1-25(29,16-17-7-3-2-4-8-17)28-24-27-21-12-11-18(15-23(21)31-24)30-22-13-14-26-20-10-6-5-9-19(20)22/h2-15,29H,16H2,1H3,(H,27,28)/t25-/m0/s1. The fraction of sp³-hybridized carbons (Fsp3) is 0.120. The van der Waals surface area contributed by atoms with E-state index in [2.05, 4.69) is 15.3 Å². The van der Waals surface area contributed by atoms with E-state index in [1.807, 2.05) is 78.9 Å². The molecule has 1 atom stereocenters. The maximum Gasteiger partial charge on any atom is 0.186 e. The number of fused-ring (bicyclic) bond motifs is 2. The zero-order valence-corrected chi connectivity index (χ0v) is 17.8. The Morgan fingerprint density at radius 1 is 0.968 bits per heavy atom. The van der Waals surface area contributed by atoms with Crippen molar-refractivity contribution in [2.45, 2.75) is 19.1 Å². The molecule has 0 aliphatic carbocycles. The highest BCUT2D eigenvalue weighted by molar-refractivity contribution is 7.22. The molecule has 0 amide bonds. The summed E-state index contributed by atoms with van der Waals surface area (Å²) in [4.78, 5) is 9.00. The normalized spacial score (nSPS) is 13.2. The molecule has 31 heavy (non-hydrogen) atoms. The second kappa shape index (κ2) is 7.98. The first-order valence-electron chi connectivity index (χ1n) is 10.0. The van der Waals surface area contributed by atoms with E-state index in [9.17, 15) is 5.11 Å². The fourth-order valence-corrected chi connectivity index (χ4v) is 4.59. The lowest BCUT2D eigenvalue weighted by molar-refractivity contribution is 0.0907. The second-order valence-corrected chi connectivity index (χ2v) is 8.67. The van der Waals surface area contributed by atoms with Crippen LogP contribution in [-0.2, 0) is 6.42 Å². The molecule has 5 nitrogen and oxygen atoms in total. The number of hydrogen-bond acceptors (Lipinski definition) is 6. The lowest BCUT2D eigenvalue weighted by Gasteiger charge is -2.24. The molecule has 0 fully saturated rings. The molecule has 0 saturated heterocycles. The number of benzene rings is 3. The number of thiazole rings is 1. The van der Waals surface area contributed by atoms with Crippen molar-refractivity contribution in [3.63, 3.8) is 0 Å². The van der Waals surface area contributed by atoms with Crippen LogP contribution in [-0.4, -0.2) is 20.8 Å². The molecule has 5 aromatic rings. The van der Waals surface area contributed by atoms with Crippen LogP contribution < -0.4 is 10.1 Å². The maximum atomic E-state index is 10.8. The summed E-state index contributed by atoms with van der Waals surface area (Å²) in [7, 11) is 0. The number of rotatable bonds is 6. The van der Waals surface area contributed by atoms with Gasteiger partial charge in [-0.05, 0) is 42.8 Å². The Kier molecular flexibility index (Phi) is 5.02. The number of anilines is 1. The predicted molar refractivity (Wildman–Crippen MR) is 126 cm³/mol. The van der Waals surface area contributed by atoms with Gasteiger partial charge in [0.2, 0.25) is 0 Å². The van der Waals surface area contributed by atoms with Crippen molar-refractivity contribution in [1.82, 2.24) is 9.97 Å². The first kappa shape index (κ1) is 19.5. The van der Waals surface area contributed by atoms with Crippen LogP contribution in [0.5, 0.6) is 11.5 Å². The van der Waals surface area contributed by atoms with Crippen LogP contribution in [0.2, 0.25) is 0 Å². The number of ether oxygens (including phenoxy) is 1. The Bertz CT molecular complexity index is 1340. The topological polar surface area (TPSA) is 67.3 Å². The van der Waals surface area contributed by atoms with Crippen molar-refractivity contribution < 1.29 is 9.84 Å². The van der Waals surface area contributed by atoms with E-state index in [1.165, 1.54) is 11.3 Å². The van der Waals surface area contributed by atoms with E-state index in [-0.39, 0.29) is 0 Å². The summed E-state index contributed by atoms with van der Waals surface area (Å²) in [5, 5.41) is 15.6. The van der Waals surface area contributed by atoms with Crippen molar-refractivity contribution in [3.8, 4) is 11.5 Å². The van der Waals surface area contributed by atoms with Gasteiger partial charge in [-0.3, -0.25) is 4.98 Å². The van der Waals surface area contributed by atoms with Crippen LogP contribution in [0, 0.1) is 0 Å². The lowest BCUT2D eigenvalue weighted by Crippen LogP contribution is -2.36. The third kappa shape index (κ3) is 4.35. The van der Waals surface area contributed by atoms with Crippen LogP contribution in [0.25, 0.3) is 21.1 Å². The van der Waals surface area contributed by atoms with Crippen molar-refractivity contribution >= 4 is 37.6 Å². The Balaban J connectivity index is 1.37. The second-order valence-electron chi connectivity index (χ2n) is 7.64. The smallest absolute Gasteiger partial charge is 0.186 e. The number of aromatic nitrogens is 2. The summed E-state index contributed by atoms with van der Waals surface area (Å²) in [6.45, 7) is 1.76. The molecule has 0 unspecified atom stereocenters. The zero-order valence-electron chi connectivity index (χ0n) is 16.9. The average molecular weight is 428 g/mol. The number of aliphatic hydroxyl groups is 1. The Labute approximate surface area is 184 Å². The molecule has 2 N–H and O–H groups in total. The maximum absolute atomic E-state index is 10.8. The summed E-state index contributed by atoms with van der Waals surface area (Å²) in [6, 6.07) is 25.5. The Morgan fingerprint density at radius 2 is 1.77 bits per heavy atom. The highest BCUT2D eigenvalue weighted by Crippen LogP contribution is 2.34. The molecule has 2 aromatic heterocycles. The first-order chi connectivity index (χ1) is 15.1. The van der Waals surface area contributed by atoms with E-state index >= 15 is 0 Å². The molecule has 2 heterocycles. The largest absolute Gasteiger partial charge is 0.457 e.